The van der Waals surface area contributed by atoms with E-state index in [1.807, 2.05) is 28.8 Å². The minimum Gasteiger partial charge on any atom is -0.317 e. The predicted octanol–water partition coefficient (Wildman–Crippen LogP) is 1.70. The molecule has 102 valence electrons. The average Bonchev–Trinajstić information content (AvgIpc) is 2.73. The van der Waals surface area contributed by atoms with Crippen molar-refractivity contribution < 1.29 is 4.39 Å². The van der Waals surface area contributed by atoms with Crippen LogP contribution in [0.25, 0.3) is 11.0 Å². The molecule has 0 saturated carbocycles. The quantitative estimate of drug-likeness (QED) is 0.915. The number of para-hydroxylation sites is 2. The molecule has 4 nitrogen and oxygen atoms in total. The number of nitrogens with one attached hydrogen (secondary N) is 1. The van der Waals surface area contributed by atoms with E-state index in [9.17, 15) is 9.18 Å². The number of rotatable bonds is 3. The first-order chi connectivity index (χ1) is 9.33. The molecule has 0 aliphatic carbocycles. The number of hydrogen-bond acceptors (Lipinski definition) is 2. The van der Waals surface area contributed by atoms with Gasteiger partial charge in [0, 0.05) is 6.04 Å². The summed E-state index contributed by atoms with van der Waals surface area (Å²) in [4.78, 5) is 12.5. The lowest BCUT2D eigenvalue weighted by molar-refractivity contribution is 0.361. The van der Waals surface area contributed by atoms with Crippen LogP contribution in [0.15, 0.2) is 29.1 Å². The van der Waals surface area contributed by atoms with Gasteiger partial charge in [0.1, 0.15) is 6.67 Å². The third-order valence-corrected chi connectivity index (χ3v) is 3.85. The molecule has 0 radical (unpaired) electrons. The Labute approximate surface area is 110 Å². The van der Waals surface area contributed by atoms with Crippen LogP contribution in [0.1, 0.15) is 18.9 Å². The zero-order valence-electron chi connectivity index (χ0n) is 10.8. The lowest BCUT2D eigenvalue weighted by atomic mass is 10.1. The van der Waals surface area contributed by atoms with E-state index < -0.39 is 6.67 Å². The Bertz CT molecular complexity index is 625. The van der Waals surface area contributed by atoms with Crippen molar-refractivity contribution in [3.8, 4) is 0 Å². The van der Waals surface area contributed by atoms with Crippen molar-refractivity contribution in [3.63, 3.8) is 0 Å². The van der Waals surface area contributed by atoms with Gasteiger partial charge in [-0.1, -0.05) is 12.1 Å². The van der Waals surface area contributed by atoms with Crippen molar-refractivity contribution in [2.75, 3.05) is 19.8 Å². The van der Waals surface area contributed by atoms with E-state index in [4.69, 9.17) is 0 Å². The standard InChI is InChI=1S/C14H18FN3O/c15-7-10-17-12-3-1-2-4-13(12)18(14(17)19)11-5-8-16-9-6-11/h1-4,11,16H,5-10H2. The number of alkyl halides is 1. The van der Waals surface area contributed by atoms with Crippen LogP contribution in [-0.2, 0) is 6.54 Å². The second kappa shape index (κ2) is 5.17. The van der Waals surface area contributed by atoms with E-state index in [0.717, 1.165) is 37.0 Å². The fraction of sp³-hybridized carbons (Fsp3) is 0.500. The molecule has 1 saturated heterocycles. The first-order valence-electron chi connectivity index (χ1n) is 6.79. The molecular formula is C14H18FN3O. The number of piperidine rings is 1. The second-order valence-corrected chi connectivity index (χ2v) is 4.96. The summed E-state index contributed by atoms with van der Waals surface area (Å²) in [6.45, 7) is 1.48. The average molecular weight is 263 g/mol. The van der Waals surface area contributed by atoms with Gasteiger partial charge in [0.25, 0.3) is 0 Å². The first kappa shape index (κ1) is 12.4. The van der Waals surface area contributed by atoms with E-state index in [0.29, 0.717) is 0 Å². The molecule has 1 fully saturated rings. The molecule has 1 N–H and O–H groups in total. The van der Waals surface area contributed by atoms with Crippen LogP contribution < -0.4 is 11.0 Å². The summed E-state index contributed by atoms with van der Waals surface area (Å²) in [5.74, 6) is 0. The Kier molecular flexibility index (Phi) is 3.38. The van der Waals surface area contributed by atoms with Crippen molar-refractivity contribution in [3.05, 3.63) is 34.7 Å². The van der Waals surface area contributed by atoms with Crippen molar-refractivity contribution in [1.82, 2.24) is 14.5 Å². The molecule has 1 aromatic carbocycles. The van der Waals surface area contributed by atoms with Crippen LogP contribution >= 0.6 is 0 Å². The Morgan fingerprint density at radius 1 is 1.21 bits per heavy atom. The van der Waals surface area contributed by atoms with Crippen LogP contribution in [0.2, 0.25) is 0 Å². The zero-order valence-corrected chi connectivity index (χ0v) is 10.8. The van der Waals surface area contributed by atoms with Gasteiger partial charge in [-0.05, 0) is 38.1 Å². The highest BCUT2D eigenvalue weighted by molar-refractivity contribution is 5.76. The van der Waals surface area contributed by atoms with E-state index in [2.05, 4.69) is 5.32 Å². The number of hydrogen-bond donors (Lipinski definition) is 1. The predicted molar refractivity (Wildman–Crippen MR) is 73.3 cm³/mol. The van der Waals surface area contributed by atoms with Gasteiger partial charge in [-0.2, -0.15) is 0 Å². The largest absolute Gasteiger partial charge is 0.329 e. The van der Waals surface area contributed by atoms with Crippen molar-refractivity contribution >= 4 is 11.0 Å². The molecule has 5 heteroatoms. The Morgan fingerprint density at radius 2 is 1.89 bits per heavy atom. The molecule has 0 atom stereocenters. The van der Waals surface area contributed by atoms with Gasteiger partial charge in [-0.25, -0.2) is 9.18 Å². The smallest absolute Gasteiger partial charge is 0.317 e. The molecule has 3 rings (SSSR count). The van der Waals surface area contributed by atoms with Crippen LogP contribution in [0, 0.1) is 0 Å². The van der Waals surface area contributed by atoms with E-state index in [-0.39, 0.29) is 18.3 Å². The lowest BCUT2D eigenvalue weighted by Crippen LogP contribution is -2.35. The highest BCUT2D eigenvalue weighted by Crippen LogP contribution is 2.23. The highest BCUT2D eigenvalue weighted by Gasteiger charge is 2.21. The van der Waals surface area contributed by atoms with Crippen LogP contribution in [0.3, 0.4) is 0 Å². The van der Waals surface area contributed by atoms with Crippen molar-refractivity contribution in [2.24, 2.45) is 0 Å². The molecule has 19 heavy (non-hydrogen) atoms. The number of imidazole rings is 1. The third kappa shape index (κ3) is 2.08. The molecule has 2 aromatic rings. The molecule has 0 bridgehead atoms. The molecule has 1 aromatic heterocycles. The maximum atomic E-state index is 12.7. The van der Waals surface area contributed by atoms with Crippen LogP contribution in [-0.4, -0.2) is 28.9 Å². The van der Waals surface area contributed by atoms with Crippen LogP contribution in [0.4, 0.5) is 4.39 Å². The summed E-state index contributed by atoms with van der Waals surface area (Å²) < 4.78 is 16.1. The maximum Gasteiger partial charge on any atom is 0.329 e. The van der Waals surface area contributed by atoms with E-state index >= 15 is 0 Å². The van der Waals surface area contributed by atoms with Gasteiger partial charge in [0.2, 0.25) is 0 Å². The number of nitrogens with zero attached hydrogens (tertiary/aromatic N) is 2. The SMILES string of the molecule is O=c1n(CCF)c2ccccc2n1C1CCNCC1. The monoisotopic (exact) mass is 263 g/mol. The van der Waals surface area contributed by atoms with E-state index in [1.54, 1.807) is 4.57 Å². The Morgan fingerprint density at radius 3 is 2.58 bits per heavy atom. The second-order valence-electron chi connectivity index (χ2n) is 4.96. The zero-order chi connectivity index (χ0) is 13.2. The van der Waals surface area contributed by atoms with Gasteiger partial charge < -0.3 is 5.32 Å². The minimum atomic E-state index is -0.514. The summed E-state index contributed by atoms with van der Waals surface area (Å²) >= 11 is 0. The Balaban J connectivity index is 2.17. The van der Waals surface area contributed by atoms with Gasteiger partial charge in [0.05, 0.1) is 17.6 Å². The number of benzene rings is 1. The van der Waals surface area contributed by atoms with Gasteiger partial charge in [0.15, 0.2) is 0 Å². The fourth-order valence-corrected chi connectivity index (χ4v) is 2.95. The molecule has 1 aliphatic heterocycles. The minimum absolute atomic E-state index is 0.0780. The lowest BCUT2D eigenvalue weighted by Gasteiger charge is -2.23. The normalized spacial score (nSPS) is 17.1. The number of aryl methyl sites for hydroxylation is 1. The maximum absolute atomic E-state index is 12.7. The summed E-state index contributed by atoms with van der Waals surface area (Å²) in [5, 5.41) is 3.30. The van der Waals surface area contributed by atoms with Gasteiger partial charge in [-0.15, -0.1) is 0 Å². The topological polar surface area (TPSA) is 39.0 Å². The Hall–Kier alpha value is -1.62. The van der Waals surface area contributed by atoms with Gasteiger partial charge in [-0.3, -0.25) is 9.13 Å². The molecule has 0 amide bonds. The van der Waals surface area contributed by atoms with Gasteiger partial charge >= 0.3 is 5.69 Å². The number of halogens is 1. The molecule has 1 aliphatic rings. The highest BCUT2D eigenvalue weighted by atomic mass is 19.1. The first-order valence-corrected chi connectivity index (χ1v) is 6.79. The summed E-state index contributed by atoms with van der Waals surface area (Å²) in [5.41, 5.74) is 1.68. The summed E-state index contributed by atoms with van der Waals surface area (Å²) in [7, 11) is 0. The summed E-state index contributed by atoms with van der Waals surface area (Å²) in [6, 6.07) is 7.89. The third-order valence-electron chi connectivity index (χ3n) is 3.85. The molecule has 0 spiro atoms. The van der Waals surface area contributed by atoms with Crippen LogP contribution in [0.5, 0.6) is 0 Å². The van der Waals surface area contributed by atoms with Crippen molar-refractivity contribution in [2.45, 2.75) is 25.4 Å². The molecule has 2 heterocycles. The molecule has 0 unspecified atom stereocenters. The number of fused-ring (bicyclic) bond motifs is 1. The van der Waals surface area contributed by atoms with Crippen molar-refractivity contribution in [1.29, 1.82) is 0 Å². The van der Waals surface area contributed by atoms with E-state index in [1.165, 1.54) is 0 Å². The number of aromatic nitrogens is 2. The summed E-state index contributed by atoms with van der Waals surface area (Å²) in [6.07, 6.45) is 1.90. The fourth-order valence-electron chi connectivity index (χ4n) is 2.95. The molecular weight excluding hydrogens is 245 g/mol.